The third-order valence-electron chi connectivity index (χ3n) is 2.80. The molecule has 2 aromatic carbocycles. The van der Waals surface area contributed by atoms with Gasteiger partial charge in [-0.05, 0) is 52.4 Å². The third-order valence-corrected chi connectivity index (χ3v) is 3.52. The summed E-state index contributed by atoms with van der Waals surface area (Å²) in [6.07, 6.45) is 0. The molecule has 19 heavy (non-hydrogen) atoms. The summed E-state index contributed by atoms with van der Waals surface area (Å²) in [6.45, 7) is -0.125. The molecule has 0 unspecified atom stereocenters. The van der Waals surface area contributed by atoms with Crippen molar-refractivity contribution in [3.05, 3.63) is 69.3 Å². The minimum absolute atomic E-state index is 0.125. The zero-order chi connectivity index (χ0) is 13.7. The van der Waals surface area contributed by atoms with Crippen molar-refractivity contribution in [1.29, 1.82) is 0 Å². The second-order valence-electron chi connectivity index (χ2n) is 4.13. The Kier molecular flexibility index (Phi) is 4.93. The van der Waals surface area contributed by atoms with Gasteiger partial charge in [0.05, 0.1) is 12.6 Å². The van der Waals surface area contributed by atoms with Gasteiger partial charge >= 0.3 is 0 Å². The number of rotatable bonds is 4. The quantitative estimate of drug-likeness (QED) is 0.817. The zero-order valence-corrected chi connectivity index (χ0v) is 12.4. The summed E-state index contributed by atoms with van der Waals surface area (Å²) >= 11 is 2.19. The van der Waals surface area contributed by atoms with Crippen LogP contribution in [0.15, 0.2) is 54.6 Å². The number of carbonyl (C=O) groups excluding carboxylic acids is 1. The van der Waals surface area contributed by atoms with Gasteiger partial charge in [0.2, 0.25) is 0 Å². The molecule has 0 bridgehead atoms. The van der Waals surface area contributed by atoms with E-state index < -0.39 is 0 Å². The molecule has 0 spiro atoms. The Morgan fingerprint density at radius 3 is 2.32 bits per heavy atom. The van der Waals surface area contributed by atoms with Gasteiger partial charge in [0, 0.05) is 9.13 Å². The maximum atomic E-state index is 12.1. The van der Waals surface area contributed by atoms with Gasteiger partial charge in [0.15, 0.2) is 0 Å². The largest absolute Gasteiger partial charge is 0.394 e. The minimum Gasteiger partial charge on any atom is -0.394 e. The van der Waals surface area contributed by atoms with Crippen LogP contribution in [0, 0.1) is 3.57 Å². The van der Waals surface area contributed by atoms with Crippen LogP contribution in [0.3, 0.4) is 0 Å². The normalized spacial score (nSPS) is 11.9. The van der Waals surface area contributed by atoms with Crippen LogP contribution in [-0.2, 0) is 0 Å². The van der Waals surface area contributed by atoms with Gasteiger partial charge in [-0.1, -0.05) is 30.3 Å². The van der Waals surface area contributed by atoms with E-state index in [4.69, 9.17) is 0 Å². The second-order valence-corrected chi connectivity index (χ2v) is 5.37. The molecule has 0 radical (unpaired) electrons. The van der Waals surface area contributed by atoms with Crippen molar-refractivity contribution in [1.82, 2.24) is 5.32 Å². The molecule has 1 amide bonds. The molecule has 2 N–H and O–H groups in total. The summed E-state index contributed by atoms with van der Waals surface area (Å²) in [4.78, 5) is 12.1. The third kappa shape index (κ3) is 3.78. The van der Waals surface area contributed by atoms with Crippen LogP contribution >= 0.6 is 22.6 Å². The highest BCUT2D eigenvalue weighted by atomic mass is 127. The molecular formula is C15H14INO2. The molecule has 4 heteroatoms. The number of nitrogens with one attached hydrogen (secondary N) is 1. The number of aliphatic hydroxyl groups excluding tert-OH is 1. The first kappa shape index (κ1) is 14.0. The lowest BCUT2D eigenvalue weighted by Crippen LogP contribution is -2.30. The maximum Gasteiger partial charge on any atom is 0.251 e. The Morgan fingerprint density at radius 2 is 1.74 bits per heavy atom. The van der Waals surface area contributed by atoms with Crippen molar-refractivity contribution in [2.24, 2.45) is 0 Å². The number of hydrogen-bond acceptors (Lipinski definition) is 2. The predicted molar refractivity (Wildman–Crippen MR) is 82.9 cm³/mol. The molecular weight excluding hydrogens is 353 g/mol. The highest BCUT2D eigenvalue weighted by molar-refractivity contribution is 14.1. The molecule has 0 aliphatic heterocycles. The topological polar surface area (TPSA) is 49.3 Å². The molecule has 0 saturated heterocycles. The average molecular weight is 367 g/mol. The number of halogens is 1. The summed E-state index contributed by atoms with van der Waals surface area (Å²) in [7, 11) is 0. The smallest absolute Gasteiger partial charge is 0.251 e. The van der Waals surface area contributed by atoms with E-state index in [1.807, 2.05) is 42.5 Å². The van der Waals surface area contributed by atoms with Gasteiger partial charge in [0.25, 0.3) is 5.91 Å². The van der Waals surface area contributed by atoms with E-state index in [1.54, 1.807) is 12.1 Å². The van der Waals surface area contributed by atoms with Crippen LogP contribution in [0.4, 0.5) is 0 Å². The molecule has 0 aliphatic rings. The van der Waals surface area contributed by atoms with Crippen molar-refractivity contribution in [2.75, 3.05) is 6.61 Å². The standard InChI is InChI=1S/C15H14INO2/c16-13-8-6-12(7-9-13)15(19)17-14(10-18)11-4-2-1-3-5-11/h1-9,14,18H,10H2,(H,17,19)/t14-/m1/s1. The van der Waals surface area contributed by atoms with Crippen molar-refractivity contribution in [3.8, 4) is 0 Å². The summed E-state index contributed by atoms with van der Waals surface area (Å²) in [5.74, 6) is -0.181. The Bertz CT molecular complexity index is 540. The molecule has 0 aromatic heterocycles. The van der Waals surface area contributed by atoms with Crippen LogP contribution < -0.4 is 5.32 Å². The van der Waals surface area contributed by atoms with E-state index in [0.29, 0.717) is 5.56 Å². The van der Waals surface area contributed by atoms with Crippen LogP contribution in [0.5, 0.6) is 0 Å². The SMILES string of the molecule is O=C(N[C@H](CO)c1ccccc1)c1ccc(I)cc1. The van der Waals surface area contributed by atoms with Crippen LogP contribution in [0.2, 0.25) is 0 Å². The fourth-order valence-electron chi connectivity index (χ4n) is 1.76. The summed E-state index contributed by atoms with van der Waals surface area (Å²) < 4.78 is 1.08. The van der Waals surface area contributed by atoms with Crippen LogP contribution in [0.1, 0.15) is 22.0 Å². The first-order chi connectivity index (χ1) is 9.20. The van der Waals surface area contributed by atoms with Gasteiger partial charge in [-0.15, -0.1) is 0 Å². The molecule has 0 saturated carbocycles. The lowest BCUT2D eigenvalue weighted by atomic mass is 10.1. The summed E-state index contributed by atoms with van der Waals surface area (Å²) in [6, 6.07) is 16.4. The van der Waals surface area contributed by atoms with Crippen molar-refractivity contribution >= 4 is 28.5 Å². The number of hydrogen-bond donors (Lipinski definition) is 2. The average Bonchev–Trinajstić information content (AvgIpc) is 2.46. The molecule has 98 valence electrons. The van der Waals surface area contributed by atoms with Crippen LogP contribution in [0.25, 0.3) is 0 Å². The molecule has 2 aromatic rings. The number of amides is 1. The highest BCUT2D eigenvalue weighted by Gasteiger charge is 2.14. The first-order valence-corrected chi connectivity index (χ1v) is 7.01. The second kappa shape index (κ2) is 6.68. The van der Waals surface area contributed by atoms with Crippen LogP contribution in [-0.4, -0.2) is 17.6 Å². The van der Waals surface area contributed by atoms with Crippen molar-refractivity contribution < 1.29 is 9.90 Å². The van der Waals surface area contributed by atoms with Gasteiger partial charge < -0.3 is 10.4 Å². The van der Waals surface area contributed by atoms with Gasteiger partial charge in [0.1, 0.15) is 0 Å². The molecule has 0 aliphatic carbocycles. The van der Waals surface area contributed by atoms with Gasteiger partial charge in [-0.3, -0.25) is 4.79 Å². The van der Waals surface area contributed by atoms with Gasteiger partial charge in [-0.2, -0.15) is 0 Å². The van der Waals surface area contributed by atoms with Crippen molar-refractivity contribution in [3.63, 3.8) is 0 Å². The molecule has 1 atom stereocenters. The first-order valence-electron chi connectivity index (χ1n) is 5.93. The molecule has 0 fully saturated rings. The molecule has 0 heterocycles. The Balaban J connectivity index is 2.10. The summed E-state index contributed by atoms with van der Waals surface area (Å²) in [5, 5.41) is 12.2. The predicted octanol–water partition coefficient (Wildman–Crippen LogP) is 2.75. The monoisotopic (exact) mass is 367 g/mol. The van der Waals surface area contributed by atoms with Crippen molar-refractivity contribution in [2.45, 2.75) is 6.04 Å². The number of benzene rings is 2. The minimum atomic E-state index is -0.382. The van der Waals surface area contributed by atoms with E-state index in [1.165, 1.54) is 0 Å². The summed E-state index contributed by atoms with van der Waals surface area (Å²) in [5.41, 5.74) is 1.48. The Hall–Kier alpha value is -1.40. The van der Waals surface area contributed by atoms with Gasteiger partial charge in [-0.25, -0.2) is 0 Å². The Labute approximate surface area is 125 Å². The fourth-order valence-corrected chi connectivity index (χ4v) is 2.12. The van der Waals surface area contributed by atoms with E-state index in [-0.39, 0.29) is 18.6 Å². The highest BCUT2D eigenvalue weighted by Crippen LogP contribution is 2.13. The van der Waals surface area contributed by atoms with E-state index in [0.717, 1.165) is 9.13 Å². The van der Waals surface area contributed by atoms with E-state index >= 15 is 0 Å². The molecule has 2 rings (SSSR count). The lowest BCUT2D eigenvalue weighted by molar-refractivity contribution is 0.0916. The Morgan fingerprint density at radius 1 is 1.11 bits per heavy atom. The van der Waals surface area contributed by atoms with E-state index in [9.17, 15) is 9.90 Å². The lowest BCUT2D eigenvalue weighted by Gasteiger charge is -2.16. The number of aliphatic hydroxyl groups is 1. The number of carbonyl (C=O) groups is 1. The molecule has 3 nitrogen and oxygen atoms in total. The zero-order valence-electron chi connectivity index (χ0n) is 10.2. The van der Waals surface area contributed by atoms with E-state index in [2.05, 4.69) is 27.9 Å². The fraction of sp³-hybridized carbons (Fsp3) is 0.133. The maximum absolute atomic E-state index is 12.1.